The van der Waals surface area contributed by atoms with E-state index in [0.717, 1.165) is 11.1 Å². The summed E-state index contributed by atoms with van der Waals surface area (Å²) in [4.78, 5) is 12.0. The molecule has 0 bridgehead atoms. The summed E-state index contributed by atoms with van der Waals surface area (Å²) in [5.41, 5.74) is 2.05. The topological polar surface area (TPSA) is 60.1 Å². The average molecular weight is 243 g/mol. The zero-order chi connectivity index (χ0) is 12.5. The molecule has 1 aliphatic rings. The molecule has 18 heavy (non-hydrogen) atoms. The molecule has 92 valence electrons. The number of rotatable bonds is 2. The van der Waals surface area contributed by atoms with Crippen LogP contribution in [0, 0.1) is 0 Å². The highest BCUT2D eigenvalue weighted by Gasteiger charge is 2.15. The Balaban J connectivity index is 2.11. The van der Waals surface area contributed by atoms with E-state index in [2.05, 4.69) is 5.10 Å². The van der Waals surface area contributed by atoms with Gasteiger partial charge in [-0.1, -0.05) is 24.3 Å². The van der Waals surface area contributed by atoms with Gasteiger partial charge < -0.3 is 5.11 Å². The van der Waals surface area contributed by atoms with Crippen LogP contribution >= 0.6 is 0 Å². The fourth-order valence-electron chi connectivity index (χ4n) is 2.16. The van der Waals surface area contributed by atoms with Crippen LogP contribution in [-0.4, -0.2) is 26.1 Å². The van der Waals surface area contributed by atoms with Crippen molar-refractivity contribution < 1.29 is 5.11 Å². The lowest BCUT2D eigenvalue weighted by Gasteiger charge is -2.01. The van der Waals surface area contributed by atoms with E-state index in [9.17, 15) is 4.79 Å². The van der Waals surface area contributed by atoms with Crippen LogP contribution < -0.4 is 5.69 Å². The monoisotopic (exact) mass is 243 g/mol. The van der Waals surface area contributed by atoms with Crippen molar-refractivity contribution >= 4 is 12.3 Å². The molecule has 0 atom stereocenters. The number of benzene rings is 1. The second-order valence-electron chi connectivity index (χ2n) is 4.21. The molecule has 0 saturated carbocycles. The molecule has 0 radical (unpaired) electrons. The highest BCUT2D eigenvalue weighted by atomic mass is 16.3. The number of aliphatic hydroxyl groups is 1. The Morgan fingerprint density at radius 3 is 3.00 bits per heavy atom. The lowest BCUT2D eigenvalue weighted by Crippen LogP contribution is -2.23. The number of fused-ring (bicyclic) bond motifs is 2. The second-order valence-corrected chi connectivity index (χ2v) is 4.21. The molecule has 0 spiro atoms. The predicted octanol–water partition coefficient (Wildman–Crippen LogP) is 0.569. The van der Waals surface area contributed by atoms with E-state index in [0.29, 0.717) is 12.2 Å². The van der Waals surface area contributed by atoms with Crippen molar-refractivity contribution in [3.05, 3.63) is 51.7 Å². The van der Waals surface area contributed by atoms with Gasteiger partial charge in [0.25, 0.3) is 0 Å². The first-order valence-electron chi connectivity index (χ1n) is 5.85. The van der Waals surface area contributed by atoms with Gasteiger partial charge in [0.05, 0.1) is 13.2 Å². The largest absolute Gasteiger partial charge is 0.394 e. The molecule has 1 aliphatic heterocycles. The quantitative estimate of drug-likeness (QED) is 0.715. The molecule has 0 amide bonds. The summed E-state index contributed by atoms with van der Waals surface area (Å²) in [5, 5.41) is 13.1. The second kappa shape index (κ2) is 4.27. The van der Waals surface area contributed by atoms with Gasteiger partial charge in [-0.2, -0.15) is 5.10 Å². The van der Waals surface area contributed by atoms with Gasteiger partial charge >= 0.3 is 5.69 Å². The number of aromatic nitrogens is 3. The standard InChI is InChI=1S/C13H13N3O2/c17-8-7-16-13(18)15-6-5-10-3-1-2-4-11(10)9-12(15)14-16/h1-6,17H,7-9H2. The SMILES string of the molecule is O=c1n(CCO)nc2n1C=Cc1ccccc1C2. The fourth-order valence-corrected chi connectivity index (χ4v) is 2.16. The van der Waals surface area contributed by atoms with E-state index in [1.165, 1.54) is 9.25 Å². The van der Waals surface area contributed by atoms with Gasteiger partial charge in [-0.3, -0.25) is 4.57 Å². The highest BCUT2D eigenvalue weighted by Crippen LogP contribution is 2.18. The third kappa shape index (κ3) is 1.69. The predicted molar refractivity (Wildman–Crippen MR) is 68.0 cm³/mol. The van der Waals surface area contributed by atoms with Crippen LogP contribution in [0.4, 0.5) is 0 Å². The Morgan fingerprint density at radius 2 is 2.17 bits per heavy atom. The Labute approximate surface area is 104 Å². The Hall–Kier alpha value is -2.14. The zero-order valence-electron chi connectivity index (χ0n) is 9.78. The minimum absolute atomic E-state index is 0.0866. The first-order valence-corrected chi connectivity index (χ1v) is 5.85. The molecule has 0 aliphatic carbocycles. The smallest absolute Gasteiger partial charge is 0.350 e. The summed E-state index contributed by atoms with van der Waals surface area (Å²) in [7, 11) is 0. The van der Waals surface area contributed by atoms with Gasteiger partial charge in [-0.25, -0.2) is 9.48 Å². The summed E-state index contributed by atoms with van der Waals surface area (Å²) < 4.78 is 2.84. The molecule has 1 N–H and O–H groups in total. The van der Waals surface area contributed by atoms with E-state index < -0.39 is 0 Å². The van der Waals surface area contributed by atoms with Crippen LogP contribution in [0.3, 0.4) is 0 Å². The van der Waals surface area contributed by atoms with E-state index in [-0.39, 0.29) is 18.8 Å². The summed E-state index contributed by atoms with van der Waals surface area (Å²) in [6.45, 7) is 0.144. The minimum Gasteiger partial charge on any atom is -0.394 e. The van der Waals surface area contributed by atoms with Gasteiger partial charge in [-0.15, -0.1) is 0 Å². The van der Waals surface area contributed by atoms with Crippen molar-refractivity contribution in [2.75, 3.05) is 6.61 Å². The zero-order valence-corrected chi connectivity index (χ0v) is 9.78. The Bertz CT molecular complexity index is 667. The van der Waals surface area contributed by atoms with Crippen molar-refractivity contribution in [3.8, 4) is 0 Å². The number of hydrogen-bond acceptors (Lipinski definition) is 3. The van der Waals surface area contributed by atoms with E-state index >= 15 is 0 Å². The van der Waals surface area contributed by atoms with Crippen molar-refractivity contribution in [1.29, 1.82) is 0 Å². The van der Waals surface area contributed by atoms with Crippen molar-refractivity contribution in [2.45, 2.75) is 13.0 Å². The average Bonchev–Trinajstić information content (AvgIpc) is 2.58. The molecule has 1 aromatic heterocycles. The summed E-state index contributed by atoms with van der Waals surface area (Å²) >= 11 is 0. The third-order valence-electron chi connectivity index (χ3n) is 3.06. The van der Waals surface area contributed by atoms with Gasteiger partial charge in [0.1, 0.15) is 5.82 Å². The molecule has 1 aromatic carbocycles. The van der Waals surface area contributed by atoms with E-state index in [1.807, 2.05) is 30.3 Å². The van der Waals surface area contributed by atoms with Gasteiger partial charge in [0.2, 0.25) is 0 Å². The molecule has 2 aromatic rings. The van der Waals surface area contributed by atoms with Crippen molar-refractivity contribution in [2.24, 2.45) is 0 Å². The lowest BCUT2D eigenvalue weighted by atomic mass is 10.1. The molecular weight excluding hydrogens is 230 g/mol. The maximum atomic E-state index is 12.0. The summed E-state index contributed by atoms with van der Waals surface area (Å²) in [6, 6.07) is 8.00. The molecule has 3 rings (SSSR count). The molecule has 0 unspecified atom stereocenters. The number of aliphatic hydroxyl groups excluding tert-OH is 1. The van der Waals surface area contributed by atoms with Crippen LogP contribution in [0.5, 0.6) is 0 Å². The van der Waals surface area contributed by atoms with Crippen LogP contribution in [0.15, 0.2) is 29.1 Å². The Kier molecular flexibility index (Phi) is 2.60. The third-order valence-corrected chi connectivity index (χ3v) is 3.06. The first-order chi connectivity index (χ1) is 8.79. The molecule has 2 heterocycles. The summed E-state index contributed by atoms with van der Waals surface area (Å²) in [6.07, 6.45) is 4.28. The van der Waals surface area contributed by atoms with Crippen molar-refractivity contribution in [3.63, 3.8) is 0 Å². The van der Waals surface area contributed by atoms with Gasteiger partial charge in [0, 0.05) is 12.6 Å². The normalized spacial score (nSPS) is 12.9. The van der Waals surface area contributed by atoms with Crippen LogP contribution in [0.25, 0.3) is 12.3 Å². The minimum atomic E-state index is -0.205. The molecule has 5 heteroatoms. The van der Waals surface area contributed by atoms with Gasteiger partial charge in [-0.05, 0) is 17.2 Å². The molecular formula is C13H13N3O2. The lowest BCUT2D eigenvalue weighted by molar-refractivity contribution is 0.267. The van der Waals surface area contributed by atoms with E-state index in [4.69, 9.17) is 5.11 Å². The highest BCUT2D eigenvalue weighted by molar-refractivity contribution is 5.65. The van der Waals surface area contributed by atoms with Crippen LogP contribution in [0.2, 0.25) is 0 Å². The maximum Gasteiger partial charge on any atom is 0.350 e. The molecule has 0 saturated heterocycles. The van der Waals surface area contributed by atoms with E-state index in [1.54, 1.807) is 6.20 Å². The first kappa shape index (κ1) is 11.0. The van der Waals surface area contributed by atoms with Gasteiger partial charge in [0.15, 0.2) is 0 Å². The van der Waals surface area contributed by atoms with Crippen LogP contribution in [-0.2, 0) is 13.0 Å². The summed E-state index contributed by atoms with van der Waals surface area (Å²) in [5.74, 6) is 0.703. The fraction of sp³-hybridized carbons (Fsp3) is 0.231. The molecule has 0 fully saturated rings. The van der Waals surface area contributed by atoms with Crippen LogP contribution in [0.1, 0.15) is 17.0 Å². The number of nitrogens with zero attached hydrogens (tertiary/aromatic N) is 3. The molecule has 5 nitrogen and oxygen atoms in total. The number of hydrogen-bond donors (Lipinski definition) is 1. The Morgan fingerprint density at radius 1 is 1.33 bits per heavy atom. The van der Waals surface area contributed by atoms with Crippen molar-refractivity contribution in [1.82, 2.24) is 14.3 Å². The maximum absolute atomic E-state index is 12.0.